The molecule has 0 aliphatic carbocycles. The highest BCUT2D eigenvalue weighted by molar-refractivity contribution is 7.47. The fourth-order valence-corrected chi connectivity index (χ4v) is 3.07. The first-order chi connectivity index (χ1) is 9.85. The van der Waals surface area contributed by atoms with Crippen LogP contribution in [-0.4, -0.2) is 4.92 Å². The molecule has 0 heterocycles. The minimum absolute atomic E-state index is 0.0475. The van der Waals surface area contributed by atoms with E-state index in [1.165, 1.54) is 12.1 Å². The molecule has 1 aromatic rings. The smallest absolute Gasteiger partial charge is 0.273 e. The van der Waals surface area contributed by atoms with Crippen molar-refractivity contribution in [1.82, 2.24) is 0 Å². The van der Waals surface area contributed by atoms with Crippen LogP contribution < -0.4 is 9.79 Å². The summed E-state index contributed by atoms with van der Waals surface area (Å²) in [6, 6.07) is 4.44. The van der Waals surface area contributed by atoms with E-state index in [1.54, 1.807) is 6.07 Å². The van der Waals surface area contributed by atoms with Crippen molar-refractivity contribution >= 4 is 13.3 Å². The highest BCUT2D eigenvalue weighted by atomic mass is 31.2. The van der Waals surface area contributed by atoms with E-state index in [9.17, 15) is 24.5 Å². The molecule has 7 heteroatoms. The van der Waals surface area contributed by atoms with Gasteiger partial charge in [-0.05, 0) is 18.4 Å². The highest BCUT2D eigenvalue weighted by Crippen LogP contribution is 2.36. The normalized spacial score (nSPS) is 11.6. The van der Waals surface area contributed by atoms with Gasteiger partial charge in [0.15, 0.2) is 0 Å². The van der Waals surface area contributed by atoms with Crippen molar-refractivity contribution in [3.8, 4) is 0 Å². The van der Waals surface area contributed by atoms with E-state index in [1.807, 2.05) is 0 Å². The second-order valence-corrected chi connectivity index (χ2v) is 6.64. The van der Waals surface area contributed by atoms with Crippen LogP contribution in [0.3, 0.4) is 0 Å². The standard InChI is InChI=1S/C14H22NO5P/c1-2-3-4-5-6-8-12-9-7-10-14(15(16)17)13(12)11-21(18,19)20/h7,9-10H,2-6,8,11H2,1H3,(H2,18,19,20)/p-2. The van der Waals surface area contributed by atoms with Crippen molar-refractivity contribution < 1.29 is 19.3 Å². The zero-order chi connectivity index (χ0) is 15.9. The Morgan fingerprint density at radius 2 is 1.81 bits per heavy atom. The Morgan fingerprint density at radius 3 is 2.38 bits per heavy atom. The van der Waals surface area contributed by atoms with Crippen LogP contribution in [0.4, 0.5) is 5.69 Å². The molecule has 0 aromatic heterocycles. The van der Waals surface area contributed by atoms with Gasteiger partial charge in [-0.2, -0.15) is 0 Å². The molecule has 118 valence electrons. The number of hydrogen-bond donors (Lipinski definition) is 0. The topological polar surface area (TPSA) is 106 Å². The first-order valence-corrected chi connectivity index (χ1v) is 8.84. The van der Waals surface area contributed by atoms with Crippen molar-refractivity contribution in [2.24, 2.45) is 0 Å². The largest absolute Gasteiger partial charge is 0.810 e. The average molecular weight is 313 g/mol. The van der Waals surface area contributed by atoms with E-state index in [2.05, 4.69) is 6.92 Å². The number of unbranched alkanes of at least 4 members (excludes halogenated alkanes) is 4. The van der Waals surface area contributed by atoms with Crippen LogP contribution >= 0.6 is 7.60 Å². The van der Waals surface area contributed by atoms with Crippen molar-refractivity contribution in [3.63, 3.8) is 0 Å². The Bertz CT molecular complexity index is 526. The molecule has 0 aliphatic heterocycles. The second kappa shape index (κ2) is 8.27. The summed E-state index contributed by atoms with van der Waals surface area (Å²) in [6.07, 6.45) is 4.92. The summed E-state index contributed by atoms with van der Waals surface area (Å²) >= 11 is 0. The van der Waals surface area contributed by atoms with E-state index < -0.39 is 18.7 Å². The van der Waals surface area contributed by atoms with Gasteiger partial charge < -0.3 is 14.4 Å². The van der Waals surface area contributed by atoms with Gasteiger partial charge in [-0.25, -0.2) is 0 Å². The summed E-state index contributed by atoms with van der Waals surface area (Å²) in [5.41, 5.74) is 0.354. The fourth-order valence-electron chi connectivity index (χ4n) is 2.32. The van der Waals surface area contributed by atoms with Crippen molar-refractivity contribution in [2.75, 3.05) is 0 Å². The molecule has 0 aliphatic rings. The Morgan fingerprint density at radius 1 is 1.14 bits per heavy atom. The van der Waals surface area contributed by atoms with Gasteiger partial charge in [0.1, 0.15) is 0 Å². The lowest BCUT2D eigenvalue weighted by Gasteiger charge is -2.30. The van der Waals surface area contributed by atoms with Gasteiger partial charge in [0.2, 0.25) is 0 Å². The number of hydrogen-bond acceptors (Lipinski definition) is 5. The van der Waals surface area contributed by atoms with Gasteiger partial charge in [0.25, 0.3) is 5.69 Å². The molecule has 21 heavy (non-hydrogen) atoms. The number of nitro benzene ring substituents is 1. The lowest BCUT2D eigenvalue weighted by atomic mass is 10.00. The highest BCUT2D eigenvalue weighted by Gasteiger charge is 2.17. The van der Waals surface area contributed by atoms with Crippen LogP contribution in [-0.2, 0) is 17.1 Å². The third kappa shape index (κ3) is 6.38. The zero-order valence-electron chi connectivity index (χ0n) is 12.1. The molecule has 0 saturated heterocycles. The van der Waals surface area contributed by atoms with Crippen molar-refractivity contribution in [1.29, 1.82) is 0 Å². The van der Waals surface area contributed by atoms with E-state index in [0.717, 1.165) is 32.1 Å². The summed E-state index contributed by atoms with van der Waals surface area (Å²) in [5.74, 6) is 0. The first kappa shape index (κ1) is 17.8. The molecular weight excluding hydrogens is 293 g/mol. The Balaban J connectivity index is 2.89. The number of benzene rings is 1. The third-order valence-corrected chi connectivity index (χ3v) is 4.05. The maximum absolute atomic E-state index is 11.0. The average Bonchev–Trinajstić information content (AvgIpc) is 2.38. The SMILES string of the molecule is CCCCCCCc1cccc([N+](=O)[O-])c1CP(=O)([O-])[O-]. The van der Waals surface area contributed by atoms with Gasteiger partial charge in [0, 0.05) is 17.8 Å². The molecule has 0 saturated carbocycles. The van der Waals surface area contributed by atoms with E-state index >= 15 is 0 Å². The first-order valence-electron chi connectivity index (χ1n) is 7.11. The number of rotatable bonds is 9. The van der Waals surface area contributed by atoms with Gasteiger partial charge in [-0.1, -0.05) is 52.3 Å². The Kier molecular flexibility index (Phi) is 7.02. The summed E-state index contributed by atoms with van der Waals surface area (Å²) in [5, 5.41) is 11.0. The molecule has 1 aromatic carbocycles. The van der Waals surface area contributed by atoms with Gasteiger partial charge in [0.05, 0.1) is 4.92 Å². The van der Waals surface area contributed by atoms with Gasteiger partial charge in [-0.15, -0.1) is 0 Å². The third-order valence-electron chi connectivity index (χ3n) is 3.35. The molecule has 0 amide bonds. The fraction of sp³-hybridized carbons (Fsp3) is 0.571. The molecule has 0 fully saturated rings. The second-order valence-electron chi connectivity index (χ2n) is 5.11. The Hall–Kier alpha value is -1.23. The lowest BCUT2D eigenvalue weighted by molar-refractivity contribution is -0.385. The molecular formula is C14H20NO5P-2. The molecule has 1 rings (SSSR count). The van der Waals surface area contributed by atoms with Crippen molar-refractivity contribution in [2.45, 2.75) is 51.6 Å². The van der Waals surface area contributed by atoms with Crippen molar-refractivity contribution in [3.05, 3.63) is 39.4 Å². The summed E-state index contributed by atoms with van der Waals surface area (Å²) in [6.45, 7) is 2.11. The molecule has 0 spiro atoms. The van der Waals surface area contributed by atoms with E-state index in [4.69, 9.17) is 0 Å². The minimum Gasteiger partial charge on any atom is -0.810 e. The van der Waals surface area contributed by atoms with Crippen LogP contribution in [0.2, 0.25) is 0 Å². The molecule has 6 nitrogen and oxygen atoms in total. The van der Waals surface area contributed by atoms with E-state index in [0.29, 0.717) is 12.0 Å². The summed E-state index contributed by atoms with van der Waals surface area (Å²) in [4.78, 5) is 32.3. The molecule has 0 radical (unpaired) electrons. The molecule has 0 atom stereocenters. The summed E-state index contributed by atoms with van der Waals surface area (Å²) < 4.78 is 11.0. The van der Waals surface area contributed by atoms with Gasteiger partial charge in [-0.3, -0.25) is 10.1 Å². The Labute approximate surface area is 124 Å². The van der Waals surface area contributed by atoms with Crippen LogP contribution in [0.1, 0.15) is 50.2 Å². The predicted molar refractivity (Wildman–Crippen MR) is 76.9 cm³/mol. The van der Waals surface area contributed by atoms with Crippen LogP contribution in [0.15, 0.2) is 18.2 Å². The van der Waals surface area contributed by atoms with Crippen LogP contribution in [0.5, 0.6) is 0 Å². The van der Waals surface area contributed by atoms with Crippen LogP contribution in [0.25, 0.3) is 0 Å². The quantitative estimate of drug-likeness (QED) is 0.301. The maximum Gasteiger partial charge on any atom is 0.273 e. The lowest BCUT2D eigenvalue weighted by Crippen LogP contribution is -2.17. The monoisotopic (exact) mass is 313 g/mol. The number of nitro groups is 1. The van der Waals surface area contributed by atoms with Gasteiger partial charge >= 0.3 is 0 Å². The number of nitrogens with zero attached hydrogens (tertiary/aromatic N) is 1. The van der Waals surface area contributed by atoms with Crippen LogP contribution in [0, 0.1) is 10.1 Å². The maximum atomic E-state index is 11.0. The van der Waals surface area contributed by atoms with E-state index in [-0.39, 0.29) is 11.3 Å². The predicted octanol–water partition coefficient (Wildman–Crippen LogP) is 2.52. The summed E-state index contributed by atoms with van der Waals surface area (Å²) in [7, 11) is -4.84. The molecule has 0 bridgehead atoms. The number of aryl methyl sites for hydroxylation is 1. The molecule has 0 unspecified atom stereocenters. The minimum atomic E-state index is -4.84. The zero-order valence-corrected chi connectivity index (χ0v) is 13.0. The molecule has 0 N–H and O–H groups in total.